The molecule has 0 atom stereocenters. The molecule has 0 bridgehead atoms. The first-order chi connectivity index (χ1) is 9.54. The average molecular weight is 272 g/mol. The summed E-state index contributed by atoms with van der Waals surface area (Å²) in [7, 11) is 0. The second-order valence-corrected chi connectivity index (χ2v) is 4.71. The highest BCUT2D eigenvalue weighted by atomic mass is 19.1. The average Bonchev–Trinajstić information content (AvgIpc) is 2.36. The zero-order chi connectivity index (χ0) is 14.5. The van der Waals surface area contributed by atoms with E-state index in [1.165, 1.54) is 19.1 Å². The molecule has 1 amide bonds. The normalized spacial score (nSPS) is 10.2. The van der Waals surface area contributed by atoms with E-state index in [-0.39, 0.29) is 11.7 Å². The van der Waals surface area contributed by atoms with Crippen LogP contribution in [0.2, 0.25) is 0 Å². The number of hydrogen-bond donors (Lipinski definition) is 2. The van der Waals surface area contributed by atoms with Crippen LogP contribution in [0.15, 0.2) is 42.5 Å². The molecule has 4 heteroatoms. The van der Waals surface area contributed by atoms with E-state index in [1.807, 2.05) is 37.3 Å². The Balaban J connectivity index is 2.12. The first kappa shape index (κ1) is 14.1. The Hall–Kier alpha value is -2.36. The number of carbonyl (C=O) groups excluding carboxylic acids is 1. The van der Waals surface area contributed by atoms with E-state index in [0.29, 0.717) is 6.54 Å². The summed E-state index contributed by atoms with van der Waals surface area (Å²) in [6.07, 6.45) is 0. The van der Waals surface area contributed by atoms with Gasteiger partial charge in [0.25, 0.3) is 0 Å². The quantitative estimate of drug-likeness (QED) is 0.891. The molecule has 0 radical (unpaired) electrons. The summed E-state index contributed by atoms with van der Waals surface area (Å²) >= 11 is 0. The van der Waals surface area contributed by atoms with Crippen molar-refractivity contribution >= 4 is 17.3 Å². The molecule has 2 N–H and O–H groups in total. The first-order valence-corrected chi connectivity index (χ1v) is 6.41. The van der Waals surface area contributed by atoms with Crippen LogP contribution in [0.25, 0.3) is 0 Å². The Morgan fingerprint density at radius 3 is 2.65 bits per heavy atom. The number of aryl methyl sites for hydroxylation is 1. The zero-order valence-corrected chi connectivity index (χ0v) is 11.5. The maximum absolute atomic E-state index is 13.3. The zero-order valence-electron chi connectivity index (χ0n) is 11.5. The van der Waals surface area contributed by atoms with Crippen LogP contribution in [-0.2, 0) is 11.3 Å². The highest BCUT2D eigenvalue weighted by Crippen LogP contribution is 2.18. The molecule has 0 aliphatic heterocycles. The Morgan fingerprint density at radius 2 is 1.95 bits per heavy atom. The highest BCUT2D eigenvalue weighted by molar-refractivity contribution is 5.89. The molecule has 2 aromatic carbocycles. The summed E-state index contributed by atoms with van der Waals surface area (Å²) in [5, 5.41) is 5.94. The molecule has 0 aliphatic rings. The van der Waals surface area contributed by atoms with Crippen molar-refractivity contribution in [3.8, 4) is 0 Å². The third-order valence-electron chi connectivity index (χ3n) is 2.85. The van der Waals surface area contributed by atoms with Gasteiger partial charge in [-0.05, 0) is 42.3 Å². The van der Waals surface area contributed by atoms with Crippen molar-refractivity contribution in [3.63, 3.8) is 0 Å². The molecule has 20 heavy (non-hydrogen) atoms. The van der Waals surface area contributed by atoms with Crippen molar-refractivity contribution in [2.75, 3.05) is 10.6 Å². The fourth-order valence-corrected chi connectivity index (χ4v) is 2.02. The molecule has 0 heterocycles. The van der Waals surface area contributed by atoms with Crippen LogP contribution in [-0.4, -0.2) is 5.91 Å². The molecular formula is C16H17FN2O. The molecule has 0 spiro atoms. The second-order valence-electron chi connectivity index (χ2n) is 4.71. The topological polar surface area (TPSA) is 41.1 Å². The van der Waals surface area contributed by atoms with Crippen LogP contribution >= 0.6 is 0 Å². The lowest BCUT2D eigenvalue weighted by Gasteiger charge is -2.12. The van der Waals surface area contributed by atoms with Crippen LogP contribution in [0.3, 0.4) is 0 Å². The molecule has 2 rings (SSSR count). The van der Waals surface area contributed by atoms with Crippen molar-refractivity contribution in [1.29, 1.82) is 0 Å². The van der Waals surface area contributed by atoms with Gasteiger partial charge in [-0.3, -0.25) is 4.79 Å². The van der Waals surface area contributed by atoms with Gasteiger partial charge in [0, 0.05) is 24.8 Å². The van der Waals surface area contributed by atoms with Gasteiger partial charge in [-0.2, -0.15) is 0 Å². The molecule has 104 valence electrons. The molecule has 0 saturated heterocycles. The molecule has 2 aromatic rings. The van der Waals surface area contributed by atoms with Gasteiger partial charge >= 0.3 is 0 Å². The maximum atomic E-state index is 13.3. The van der Waals surface area contributed by atoms with Crippen molar-refractivity contribution in [2.45, 2.75) is 20.4 Å². The van der Waals surface area contributed by atoms with E-state index in [1.54, 1.807) is 0 Å². The van der Waals surface area contributed by atoms with Crippen LogP contribution in [0, 0.1) is 12.7 Å². The van der Waals surface area contributed by atoms with Crippen LogP contribution < -0.4 is 10.6 Å². The summed E-state index contributed by atoms with van der Waals surface area (Å²) in [6, 6.07) is 12.3. The molecular weight excluding hydrogens is 255 g/mol. The predicted molar refractivity (Wildman–Crippen MR) is 79.2 cm³/mol. The van der Waals surface area contributed by atoms with E-state index < -0.39 is 0 Å². The number of carbonyl (C=O) groups is 1. The third kappa shape index (κ3) is 3.82. The number of amides is 1. The van der Waals surface area contributed by atoms with Gasteiger partial charge in [0.15, 0.2) is 0 Å². The summed E-state index contributed by atoms with van der Waals surface area (Å²) in [5.41, 5.74) is 3.30. The Bertz CT molecular complexity index is 605. The standard InChI is InChI=1S/C16H17FN2O/c1-11-7-14(17)9-15(8-11)18-10-13-5-3-4-6-16(13)19-12(2)20/h3-9,18H,10H2,1-2H3,(H,19,20). The molecule has 3 nitrogen and oxygen atoms in total. The lowest BCUT2D eigenvalue weighted by Crippen LogP contribution is -2.10. The van der Waals surface area contributed by atoms with Crippen LogP contribution in [0.5, 0.6) is 0 Å². The number of para-hydroxylation sites is 1. The van der Waals surface area contributed by atoms with Crippen LogP contribution in [0.1, 0.15) is 18.1 Å². The largest absolute Gasteiger partial charge is 0.381 e. The summed E-state index contributed by atoms with van der Waals surface area (Å²) in [4.78, 5) is 11.1. The van der Waals surface area contributed by atoms with Crippen molar-refractivity contribution in [2.24, 2.45) is 0 Å². The van der Waals surface area contributed by atoms with Gasteiger partial charge < -0.3 is 10.6 Å². The molecule has 0 fully saturated rings. The second kappa shape index (κ2) is 6.19. The van der Waals surface area contributed by atoms with Gasteiger partial charge in [0.05, 0.1) is 0 Å². The van der Waals surface area contributed by atoms with E-state index in [0.717, 1.165) is 22.5 Å². The number of hydrogen-bond acceptors (Lipinski definition) is 2. The minimum absolute atomic E-state index is 0.112. The Kier molecular flexibility index (Phi) is 4.35. The first-order valence-electron chi connectivity index (χ1n) is 6.41. The van der Waals surface area contributed by atoms with Gasteiger partial charge in [-0.1, -0.05) is 18.2 Å². The monoisotopic (exact) mass is 272 g/mol. The summed E-state index contributed by atoms with van der Waals surface area (Å²) in [5.74, 6) is -0.373. The van der Waals surface area contributed by atoms with E-state index >= 15 is 0 Å². The Labute approximate surface area is 117 Å². The number of nitrogens with one attached hydrogen (secondary N) is 2. The SMILES string of the molecule is CC(=O)Nc1ccccc1CNc1cc(C)cc(F)c1. The minimum Gasteiger partial charge on any atom is -0.381 e. The van der Waals surface area contributed by atoms with Gasteiger partial charge in [-0.25, -0.2) is 4.39 Å². The highest BCUT2D eigenvalue weighted by Gasteiger charge is 2.04. The van der Waals surface area contributed by atoms with Crippen molar-refractivity contribution < 1.29 is 9.18 Å². The molecule has 0 aliphatic carbocycles. The summed E-state index contributed by atoms with van der Waals surface area (Å²) < 4.78 is 13.3. The number of benzene rings is 2. The minimum atomic E-state index is -0.261. The lowest BCUT2D eigenvalue weighted by molar-refractivity contribution is -0.114. The lowest BCUT2D eigenvalue weighted by atomic mass is 10.1. The maximum Gasteiger partial charge on any atom is 0.221 e. The number of anilines is 2. The fraction of sp³-hybridized carbons (Fsp3) is 0.188. The molecule has 0 unspecified atom stereocenters. The van der Waals surface area contributed by atoms with Crippen LogP contribution in [0.4, 0.5) is 15.8 Å². The predicted octanol–water partition coefficient (Wildman–Crippen LogP) is 3.70. The van der Waals surface area contributed by atoms with Gasteiger partial charge in [-0.15, -0.1) is 0 Å². The number of rotatable bonds is 4. The number of halogens is 1. The summed E-state index contributed by atoms with van der Waals surface area (Å²) in [6.45, 7) is 3.83. The van der Waals surface area contributed by atoms with E-state index in [4.69, 9.17) is 0 Å². The van der Waals surface area contributed by atoms with Gasteiger partial charge in [0.1, 0.15) is 5.82 Å². The van der Waals surface area contributed by atoms with Crippen molar-refractivity contribution in [1.82, 2.24) is 0 Å². The van der Waals surface area contributed by atoms with Gasteiger partial charge in [0.2, 0.25) is 5.91 Å². The third-order valence-corrected chi connectivity index (χ3v) is 2.85. The fourth-order valence-electron chi connectivity index (χ4n) is 2.02. The molecule has 0 saturated carbocycles. The van der Waals surface area contributed by atoms with E-state index in [2.05, 4.69) is 10.6 Å². The van der Waals surface area contributed by atoms with E-state index in [9.17, 15) is 9.18 Å². The smallest absolute Gasteiger partial charge is 0.221 e. The Morgan fingerprint density at radius 1 is 1.20 bits per heavy atom. The van der Waals surface area contributed by atoms with Crippen molar-refractivity contribution in [3.05, 3.63) is 59.4 Å². The molecule has 0 aromatic heterocycles.